The summed E-state index contributed by atoms with van der Waals surface area (Å²) in [5.74, 6) is -0.574. The van der Waals surface area contributed by atoms with Crippen LogP contribution in [0.1, 0.15) is 46.0 Å². The van der Waals surface area contributed by atoms with Gasteiger partial charge in [0.1, 0.15) is 5.69 Å². The van der Waals surface area contributed by atoms with E-state index >= 15 is 0 Å². The molecule has 2 rings (SSSR count). The number of anilines is 2. The maximum Gasteiger partial charge on any atom is 0.151 e. The van der Waals surface area contributed by atoms with Gasteiger partial charge in [-0.15, -0.1) is 0 Å². The minimum absolute atomic E-state index is 0.103. The normalized spacial score (nSPS) is 16.1. The highest BCUT2D eigenvalue weighted by atomic mass is 19.1. The van der Waals surface area contributed by atoms with E-state index < -0.39 is 11.6 Å². The Bertz CT molecular complexity index is 431. The predicted molar refractivity (Wildman–Crippen MR) is 79.8 cm³/mol. The lowest BCUT2D eigenvalue weighted by Crippen LogP contribution is -2.36. The van der Waals surface area contributed by atoms with Crippen molar-refractivity contribution in [1.29, 1.82) is 0 Å². The molecule has 0 saturated heterocycles. The van der Waals surface area contributed by atoms with Crippen molar-refractivity contribution in [2.75, 3.05) is 17.2 Å². The van der Waals surface area contributed by atoms with Crippen LogP contribution in [-0.4, -0.2) is 12.6 Å². The van der Waals surface area contributed by atoms with Crippen LogP contribution in [0.3, 0.4) is 0 Å². The molecule has 0 bridgehead atoms. The lowest BCUT2D eigenvalue weighted by molar-refractivity contribution is 0.501. The molecule has 2 N–H and O–H groups in total. The Hall–Kier alpha value is -1.32. The topological polar surface area (TPSA) is 29.3 Å². The van der Waals surface area contributed by atoms with Crippen LogP contribution < -0.4 is 10.6 Å². The maximum atomic E-state index is 14.2. The molecule has 1 aromatic carbocycles. The number of rotatable bonds is 5. The standard InChI is InChI=1S/C16H24F2N2/c1-11(2)7-8-20(13-5-3-4-6-13)16-14(17)9-12(19)10-15(16)18/h9-11,13H,3-8,19H2,1-2H3. The molecule has 0 aliphatic heterocycles. The SMILES string of the molecule is CC(C)CCN(c1c(F)cc(N)cc1F)C1CCCC1. The van der Waals surface area contributed by atoms with Crippen LogP contribution in [0.15, 0.2) is 12.1 Å². The van der Waals surface area contributed by atoms with Gasteiger partial charge in [0.05, 0.1) is 0 Å². The van der Waals surface area contributed by atoms with Crippen molar-refractivity contribution in [3.05, 3.63) is 23.8 Å². The van der Waals surface area contributed by atoms with Gasteiger partial charge in [-0.2, -0.15) is 0 Å². The average molecular weight is 282 g/mol. The summed E-state index contributed by atoms with van der Waals surface area (Å²) in [4.78, 5) is 1.93. The summed E-state index contributed by atoms with van der Waals surface area (Å²) in [5.41, 5.74) is 5.75. The third-order valence-electron chi connectivity index (χ3n) is 4.04. The van der Waals surface area contributed by atoms with Crippen molar-refractivity contribution in [1.82, 2.24) is 0 Å². The second-order valence-corrected chi connectivity index (χ2v) is 6.15. The number of nitrogens with zero attached hydrogens (tertiary/aromatic N) is 1. The van der Waals surface area contributed by atoms with Gasteiger partial charge < -0.3 is 10.6 Å². The molecule has 1 fully saturated rings. The Labute approximate surface area is 120 Å². The molecule has 1 saturated carbocycles. The number of benzene rings is 1. The third-order valence-corrected chi connectivity index (χ3v) is 4.04. The molecule has 112 valence electrons. The molecule has 1 aliphatic carbocycles. The van der Waals surface area contributed by atoms with Crippen LogP contribution in [0.4, 0.5) is 20.2 Å². The smallest absolute Gasteiger partial charge is 0.151 e. The molecule has 0 aromatic heterocycles. The summed E-state index contributed by atoms with van der Waals surface area (Å²) in [5, 5.41) is 0. The Morgan fingerprint density at radius 3 is 2.25 bits per heavy atom. The first-order chi connectivity index (χ1) is 9.49. The summed E-state index contributed by atoms with van der Waals surface area (Å²) < 4.78 is 28.4. The van der Waals surface area contributed by atoms with Crippen LogP contribution in [0.25, 0.3) is 0 Å². The minimum Gasteiger partial charge on any atom is -0.399 e. The van der Waals surface area contributed by atoms with Gasteiger partial charge in [0.2, 0.25) is 0 Å². The zero-order chi connectivity index (χ0) is 14.7. The van der Waals surface area contributed by atoms with E-state index in [9.17, 15) is 8.78 Å². The molecule has 1 aliphatic rings. The number of hydrogen-bond acceptors (Lipinski definition) is 2. The highest BCUT2D eigenvalue weighted by Gasteiger charge is 2.27. The largest absolute Gasteiger partial charge is 0.399 e. The van der Waals surface area contributed by atoms with Crippen molar-refractivity contribution in [2.45, 2.75) is 52.0 Å². The summed E-state index contributed by atoms with van der Waals surface area (Å²) in [6, 6.07) is 2.69. The monoisotopic (exact) mass is 282 g/mol. The van der Waals surface area contributed by atoms with Crippen molar-refractivity contribution < 1.29 is 8.78 Å². The molecule has 0 amide bonds. The van der Waals surface area contributed by atoms with Crippen LogP contribution in [0.2, 0.25) is 0 Å². The zero-order valence-electron chi connectivity index (χ0n) is 12.3. The van der Waals surface area contributed by atoms with Crippen molar-refractivity contribution in [3.63, 3.8) is 0 Å². The third kappa shape index (κ3) is 3.41. The molecule has 0 spiro atoms. The van der Waals surface area contributed by atoms with E-state index in [1.807, 2.05) is 4.90 Å². The maximum absolute atomic E-state index is 14.2. The first kappa shape index (κ1) is 15.1. The number of hydrogen-bond donors (Lipinski definition) is 1. The van der Waals surface area contributed by atoms with Gasteiger partial charge in [-0.1, -0.05) is 26.7 Å². The van der Waals surface area contributed by atoms with Gasteiger partial charge in [-0.05, 0) is 37.3 Å². The summed E-state index contributed by atoms with van der Waals surface area (Å²) in [6.07, 6.45) is 5.24. The fraction of sp³-hybridized carbons (Fsp3) is 0.625. The van der Waals surface area contributed by atoms with Crippen molar-refractivity contribution in [3.8, 4) is 0 Å². The van der Waals surface area contributed by atoms with E-state index in [1.165, 1.54) is 12.1 Å². The first-order valence-corrected chi connectivity index (χ1v) is 7.50. The second-order valence-electron chi connectivity index (χ2n) is 6.15. The molecule has 0 atom stereocenters. The van der Waals surface area contributed by atoms with E-state index in [2.05, 4.69) is 13.8 Å². The van der Waals surface area contributed by atoms with Crippen LogP contribution >= 0.6 is 0 Å². The lowest BCUT2D eigenvalue weighted by Gasteiger charge is -2.32. The molecule has 0 radical (unpaired) electrons. The molecule has 2 nitrogen and oxygen atoms in total. The van der Waals surface area contributed by atoms with Crippen molar-refractivity contribution in [2.24, 2.45) is 5.92 Å². The molecule has 20 heavy (non-hydrogen) atoms. The van der Waals surface area contributed by atoms with E-state index in [0.29, 0.717) is 12.5 Å². The highest BCUT2D eigenvalue weighted by molar-refractivity contribution is 5.56. The van der Waals surface area contributed by atoms with Crippen molar-refractivity contribution >= 4 is 11.4 Å². The summed E-state index contributed by atoms with van der Waals surface area (Å²) in [6.45, 7) is 4.95. The molecule has 4 heteroatoms. The highest BCUT2D eigenvalue weighted by Crippen LogP contribution is 2.33. The van der Waals surface area contributed by atoms with Gasteiger partial charge in [0.15, 0.2) is 11.6 Å². The van der Waals surface area contributed by atoms with Crippen LogP contribution in [0.5, 0.6) is 0 Å². The number of nitrogens with two attached hydrogens (primary N) is 1. The summed E-state index contributed by atoms with van der Waals surface area (Å²) >= 11 is 0. The van der Waals surface area contributed by atoms with Crippen LogP contribution in [-0.2, 0) is 0 Å². The molecule has 0 unspecified atom stereocenters. The fourth-order valence-electron chi connectivity index (χ4n) is 2.95. The Kier molecular flexibility index (Phi) is 4.84. The van der Waals surface area contributed by atoms with Gasteiger partial charge >= 0.3 is 0 Å². The summed E-state index contributed by atoms with van der Waals surface area (Å²) in [7, 11) is 0. The average Bonchev–Trinajstić information content (AvgIpc) is 2.85. The Morgan fingerprint density at radius 2 is 1.75 bits per heavy atom. The molecule has 1 aromatic rings. The quantitative estimate of drug-likeness (QED) is 0.814. The number of nitrogen functional groups attached to an aromatic ring is 1. The first-order valence-electron chi connectivity index (χ1n) is 7.50. The van der Waals surface area contributed by atoms with Crippen LogP contribution in [0, 0.1) is 17.6 Å². The fourth-order valence-corrected chi connectivity index (χ4v) is 2.95. The molecular formula is C16H24F2N2. The predicted octanol–water partition coefficient (Wildman–Crippen LogP) is 4.34. The van der Waals surface area contributed by atoms with E-state index in [0.717, 1.165) is 32.1 Å². The molecule has 0 heterocycles. The van der Waals surface area contributed by atoms with E-state index in [4.69, 9.17) is 5.73 Å². The van der Waals surface area contributed by atoms with E-state index in [-0.39, 0.29) is 17.4 Å². The van der Waals surface area contributed by atoms with Gasteiger partial charge in [0, 0.05) is 18.3 Å². The van der Waals surface area contributed by atoms with Gasteiger partial charge in [-0.3, -0.25) is 0 Å². The number of halogens is 2. The van der Waals surface area contributed by atoms with Gasteiger partial charge in [-0.25, -0.2) is 8.78 Å². The lowest BCUT2D eigenvalue weighted by atomic mass is 10.1. The minimum atomic E-state index is -0.543. The van der Waals surface area contributed by atoms with E-state index in [1.54, 1.807) is 0 Å². The molecular weight excluding hydrogens is 258 g/mol. The van der Waals surface area contributed by atoms with Gasteiger partial charge in [0.25, 0.3) is 0 Å². The Morgan fingerprint density at radius 1 is 1.20 bits per heavy atom. The second kappa shape index (κ2) is 6.42. The zero-order valence-corrected chi connectivity index (χ0v) is 12.3. The Balaban J connectivity index is 2.29.